The van der Waals surface area contributed by atoms with E-state index in [1.165, 1.54) is 17.8 Å². The lowest BCUT2D eigenvalue weighted by molar-refractivity contribution is -0.124. The third kappa shape index (κ3) is 2.35. The minimum absolute atomic E-state index is 0.288. The van der Waals surface area contributed by atoms with E-state index in [2.05, 4.69) is 15.9 Å². The molecule has 0 bridgehead atoms. The molecule has 0 saturated carbocycles. The van der Waals surface area contributed by atoms with Gasteiger partial charge in [-0.3, -0.25) is 4.79 Å². The van der Waals surface area contributed by atoms with Crippen LogP contribution in [0.1, 0.15) is 11.1 Å². The van der Waals surface area contributed by atoms with Gasteiger partial charge in [-0.15, -0.1) is 0 Å². The van der Waals surface area contributed by atoms with Crippen LogP contribution in [-0.4, -0.2) is 10.9 Å². The Morgan fingerprint density at radius 3 is 2.30 bits per heavy atom. The smallest absolute Gasteiger partial charge is 0.204 e. The highest BCUT2D eigenvalue weighted by molar-refractivity contribution is 9.10. The predicted molar refractivity (Wildman–Crippen MR) is 85.1 cm³/mol. The van der Waals surface area contributed by atoms with Crippen LogP contribution in [-0.2, 0) is 9.73 Å². The van der Waals surface area contributed by atoms with Crippen LogP contribution < -0.4 is 0 Å². The average Bonchev–Trinajstić information content (AvgIpc) is 2.78. The van der Waals surface area contributed by atoms with Crippen molar-refractivity contribution in [3.63, 3.8) is 0 Å². The molecule has 3 rings (SSSR count). The monoisotopic (exact) mass is 346 g/mol. The molecule has 1 aliphatic rings. The van der Waals surface area contributed by atoms with E-state index in [-0.39, 0.29) is 5.78 Å². The molecule has 2 aromatic carbocycles. The topological polar surface area (TPSA) is 37.3 Å². The Morgan fingerprint density at radius 1 is 1.00 bits per heavy atom. The second-order valence-electron chi connectivity index (χ2n) is 4.49. The van der Waals surface area contributed by atoms with E-state index in [4.69, 9.17) is 0 Å². The standard InChI is InChI=1S/C16H11BrO2S/c17-13-8-6-12(7-9-13)16(19)15(18)10-14(20-16)11-4-2-1-3-5-11/h1-10,19H. The van der Waals surface area contributed by atoms with Gasteiger partial charge in [-0.25, -0.2) is 0 Å². The van der Waals surface area contributed by atoms with Crippen molar-refractivity contribution in [3.8, 4) is 0 Å². The summed E-state index contributed by atoms with van der Waals surface area (Å²) in [5.41, 5.74) is 1.54. The maximum atomic E-state index is 12.2. The first-order chi connectivity index (χ1) is 9.59. The fourth-order valence-electron chi connectivity index (χ4n) is 2.08. The van der Waals surface area contributed by atoms with Crippen molar-refractivity contribution in [2.24, 2.45) is 0 Å². The summed E-state index contributed by atoms with van der Waals surface area (Å²) < 4.78 is 0.913. The van der Waals surface area contributed by atoms with E-state index >= 15 is 0 Å². The van der Waals surface area contributed by atoms with E-state index in [0.29, 0.717) is 5.56 Å². The van der Waals surface area contributed by atoms with Crippen molar-refractivity contribution in [1.29, 1.82) is 0 Å². The lowest BCUT2D eigenvalue weighted by atomic mass is 10.0. The number of carbonyl (C=O) groups is 1. The Labute approximate surface area is 129 Å². The second-order valence-corrected chi connectivity index (χ2v) is 6.64. The van der Waals surface area contributed by atoms with Gasteiger partial charge in [0.15, 0.2) is 0 Å². The number of aliphatic hydroxyl groups is 1. The highest BCUT2D eigenvalue weighted by Crippen LogP contribution is 2.49. The average molecular weight is 347 g/mol. The fraction of sp³-hybridized carbons (Fsp3) is 0.0625. The first-order valence-corrected chi connectivity index (χ1v) is 7.69. The van der Waals surface area contributed by atoms with Crippen LogP contribution >= 0.6 is 27.7 Å². The summed E-state index contributed by atoms with van der Waals surface area (Å²) in [6.45, 7) is 0. The molecule has 1 heterocycles. The summed E-state index contributed by atoms with van der Waals surface area (Å²) >= 11 is 4.53. The number of carbonyl (C=O) groups excluding carboxylic acids is 1. The number of benzene rings is 2. The molecule has 2 aromatic rings. The van der Waals surface area contributed by atoms with Gasteiger partial charge in [0, 0.05) is 14.9 Å². The predicted octanol–water partition coefficient (Wildman–Crippen LogP) is 3.95. The largest absolute Gasteiger partial charge is 0.368 e. The summed E-state index contributed by atoms with van der Waals surface area (Å²) in [5.74, 6) is -0.288. The Kier molecular flexibility index (Phi) is 3.54. The quantitative estimate of drug-likeness (QED) is 0.894. The summed E-state index contributed by atoms with van der Waals surface area (Å²) in [6, 6.07) is 16.8. The highest BCUT2D eigenvalue weighted by Gasteiger charge is 2.43. The lowest BCUT2D eigenvalue weighted by Gasteiger charge is -2.21. The van der Waals surface area contributed by atoms with Gasteiger partial charge >= 0.3 is 0 Å². The molecule has 0 aliphatic carbocycles. The number of rotatable bonds is 2. The SMILES string of the molecule is O=C1C=C(c2ccccc2)SC1(O)c1ccc(Br)cc1. The first kappa shape index (κ1) is 13.6. The maximum absolute atomic E-state index is 12.2. The molecule has 1 N–H and O–H groups in total. The van der Waals surface area contributed by atoms with Crippen molar-refractivity contribution < 1.29 is 9.90 Å². The van der Waals surface area contributed by atoms with Crippen molar-refractivity contribution in [2.75, 3.05) is 0 Å². The molecule has 0 amide bonds. The van der Waals surface area contributed by atoms with Crippen LogP contribution in [0.15, 0.2) is 65.1 Å². The summed E-state index contributed by atoms with van der Waals surface area (Å²) in [7, 11) is 0. The minimum Gasteiger partial charge on any atom is -0.368 e. The number of hydrogen-bond acceptors (Lipinski definition) is 3. The number of halogens is 1. The van der Waals surface area contributed by atoms with E-state index < -0.39 is 4.93 Å². The third-order valence-electron chi connectivity index (χ3n) is 3.15. The summed E-state index contributed by atoms with van der Waals surface area (Å²) in [5, 5.41) is 10.7. The molecule has 1 unspecified atom stereocenters. The van der Waals surface area contributed by atoms with Gasteiger partial charge in [-0.2, -0.15) is 0 Å². The van der Waals surface area contributed by atoms with Gasteiger partial charge in [-0.1, -0.05) is 70.2 Å². The number of hydrogen-bond donors (Lipinski definition) is 1. The van der Waals surface area contributed by atoms with Crippen LogP contribution in [0.3, 0.4) is 0 Å². The molecular weight excluding hydrogens is 336 g/mol. The lowest BCUT2D eigenvalue weighted by Crippen LogP contribution is -2.27. The maximum Gasteiger partial charge on any atom is 0.204 e. The molecule has 0 spiro atoms. The zero-order valence-corrected chi connectivity index (χ0v) is 12.8. The zero-order chi connectivity index (χ0) is 14.2. The highest BCUT2D eigenvalue weighted by atomic mass is 79.9. The molecular formula is C16H11BrO2S. The summed E-state index contributed by atoms with van der Waals surface area (Å²) in [4.78, 5) is 11.5. The molecule has 20 heavy (non-hydrogen) atoms. The van der Waals surface area contributed by atoms with Crippen molar-refractivity contribution >= 4 is 38.4 Å². The molecule has 2 nitrogen and oxygen atoms in total. The van der Waals surface area contributed by atoms with Gasteiger partial charge in [0.25, 0.3) is 0 Å². The van der Waals surface area contributed by atoms with Crippen LogP contribution in [0.5, 0.6) is 0 Å². The van der Waals surface area contributed by atoms with E-state index in [0.717, 1.165) is 14.9 Å². The Morgan fingerprint density at radius 2 is 1.65 bits per heavy atom. The molecule has 0 radical (unpaired) electrons. The van der Waals surface area contributed by atoms with Crippen molar-refractivity contribution in [1.82, 2.24) is 0 Å². The van der Waals surface area contributed by atoms with Crippen LogP contribution in [0.4, 0.5) is 0 Å². The van der Waals surface area contributed by atoms with Crippen LogP contribution in [0.25, 0.3) is 4.91 Å². The van der Waals surface area contributed by atoms with E-state index in [9.17, 15) is 9.90 Å². The number of thioether (sulfide) groups is 1. The summed E-state index contributed by atoms with van der Waals surface area (Å²) in [6.07, 6.45) is 1.52. The molecule has 1 aliphatic heterocycles. The Balaban J connectivity index is 1.95. The van der Waals surface area contributed by atoms with Crippen molar-refractivity contribution in [3.05, 3.63) is 76.3 Å². The van der Waals surface area contributed by atoms with E-state index in [1.807, 2.05) is 42.5 Å². The molecule has 0 saturated heterocycles. The normalized spacial score (nSPS) is 21.9. The molecule has 0 aromatic heterocycles. The second kappa shape index (κ2) is 5.20. The number of ketones is 1. The minimum atomic E-state index is -1.52. The molecule has 100 valence electrons. The molecule has 4 heteroatoms. The van der Waals surface area contributed by atoms with Gasteiger partial charge in [-0.05, 0) is 23.8 Å². The van der Waals surface area contributed by atoms with Gasteiger partial charge in [0.05, 0.1) is 0 Å². The van der Waals surface area contributed by atoms with Crippen molar-refractivity contribution in [2.45, 2.75) is 4.93 Å². The third-order valence-corrected chi connectivity index (χ3v) is 4.98. The first-order valence-electron chi connectivity index (χ1n) is 6.08. The Hall–Kier alpha value is -1.36. The molecule has 1 atom stereocenters. The van der Waals surface area contributed by atoms with Gasteiger partial charge < -0.3 is 5.11 Å². The fourth-order valence-corrected chi connectivity index (χ4v) is 3.49. The Bertz CT molecular complexity index is 679. The zero-order valence-electron chi connectivity index (χ0n) is 10.4. The van der Waals surface area contributed by atoms with Crippen LogP contribution in [0.2, 0.25) is 0 Å². The molecule has 0 fully saturated rings. The van der Waals surface area contributed by atoms with Gasteiger partial charge in [0.2, 0.25) is 10.7 Å². The van der Waals surface area contributed by atoms with Gasteiger partial charge in [0.1, 0.15) is 0 Å². The van der Waals surface area contributed by atoms with E-state index in [1.54, 1.807) is 12.1 Å². The van der Waals surface area contributed by atoms with Crippen LogP contribution in [0, 0.1) is 0 Å².